The van der Waals surface area contributed by atoms with Gasteiger partial charge in [0.15, 0.2) is 0 Å². The summed E-state index contributed by atoms with van der Waals surface area (Å²) in [6, 6.07) is 52.5. The number of hydrogen-bond donors (Lipinski definition) is 5. The van der Waals surface area contributed by atoms with Crippen LogP contribution < -0.4 is 0 Å². The molecule has 0 saturated heterocycles. The molecule has 15 rings (SSSR count). The van der Waals surface area contributed by atoms with E-state index in [1.807, 2.05) is 203 Å². The SMILES string of the molecule is Cc1cc(C)c(O)c(-n2nc3ccc(Cl)cc3n2)c1.Cc1cc(C)c(O)c(-n2nc3ccc(Cl)cc3n2)c1.Cc1cc(C)c(O)c(-n2nc3ccccc3n2)c1.Cc1cc(C)c(O)c(-n2nc3ccccc3n2)c1.Cc1cc(C)c(O)c(-n2nc3ccccc3n2)c1. The van der Waals surface area contributed by atoms with Crippen LogP contribution in [0.4, 0.5) is 0 Å². The molecule has 0 fully saturated rings. The fourth-order valence-corrected chi connectivity index (χ4v) is 10.7. The molecule has 0 atom stereocenters. The van der Waals surface area contributed by atoms with Gasteiger partial charge in [-0.3, -0.25) is 0 Å². The molecule has 15 aromatic rings. The molecule has 0 amide bonds. The Labute approximate surface area is 538 Å². The molecular weight excluding hydrogens is 1200 g/mol. The number of phenolic OH excluding ortho intramolecular Hbond substituents is 5. The smallest absolute Gasteiger partial charge is 0.146 e. The zero-order valence-corrected chi connectivity index (χ0v) is 53.4. The van der Waals surface area contributed by atoms with Crippen LogP contribution in [0.1, 0.15) is 55.6 Å². The molecule has 0 aliphatic rings. The lowest BCUT2D eigenvalue weighted by Gasteiger charge is -2.07. The maximum atomic E-state index is 10.1. The number of nitrogens with zero attached hydrogens (tertiary/aromatic N) is 15. The number of fused-ring (bicyclic) bond motifs is 5. The fraction of sp³-hybridized carbons (Fsp3) is 0.143. The summed E-state index contributed by atoms with van der Waals surface area (Å²) in [5.74, 6) is 1.05. The van der Waals surface area contributed by atoms with Gasteiger partial charge in [0, 0.05) is 10.0 Å². The molecule has 10 aromatic carbocycles. The second-order valence-electron chi connectivity index (χ2n) is 22.4. The first-order valence-corrected chi connectivity index (χ1v) is 29.8. The van der Waals surface area contributed by atoms with Gasteiger partial charge in [0.1, 0.15) is 112 Å². The van der Waals surface area contributed by atoms with E-state index < -0.39 is 0 Å². The van der Waals surface area contributed by atoms with Gasteiger partial charge >= 0.3 is 0 Å². The van der Waals surface area contributed by atoms with Crippen LogP contribution >= 0.6 is 23.2 Å². The van der Waals surface area contributed by atoms with E-state index in [0.29, 0.717) is 49.5 Å². The third-order valence-corrected chi connectivity index (χ3v) is 15.2. The minimum Gasteiger partial charge on any atom is -0.505 e. The van der Waals surface area contributed by atoms with E-state index in [0.717, 1.165) is 99.8 Å². The number of phenols is 5. The topological polar surface area (TPSA) is 255 Å². The van der Waals surface area contributed by atoms with E-state index in [1.165, 1.54) is 24.0 Å². The second kappa shape index (κ2) is 26.1. The summed E-state index contributed by atoms with van der Waals surface area (Å²) in [6.45, 7) is 19.2. The van der Waals surface area contributed by atoms with E-state index in [-0.39, 0.29) is 28.7 Å². The highest BCUT2D eigenvalue weighted by Crippen LogP contribution is 2.32. The molecule has 5 aromatic heterocycles. The molecule has 0 saturated carbocycles. The summed E-state index contributed by atoms with van der Waals surface area (Å²) in [5.41, 5.74) is 20.1. The minimum atomic E-state index is 0.192. The van der Waals surface area contributed by atoms with Gasteiger partial charge in [-0.05, 0) is 228 Å². The average molecular weight is 1270 g/mol. The van der Waals surface area contributed by atoms with Crippen LogP contribution in [-0.4, -0.2) is 101 Å². The van der Waals surface area contributed by atoms with Gasteiger partial charge in [0.05, 0.1) is 0 Å². The van der Waals surface area contributed by atoms with Crippen molar-refractivity contribution in [2.75, 3.05) is 0 Å². The van der Waals surface area contributed by atoms with Crippen LogP contribution in [0.3, 0.4) is 0 Å². The van der Waals surface area contributed by atoms with Crippen LogP contribution in [0, 0.1) is 69.2 Å². The third kappa shape index (κ3) is 13.5. The van der Waals surface area contributed by atoms with E-state index in [4.69, 9.17) is 23.2 Å². The van der Waals surface area contributed by atoms with Crippen molar-refractivity contribution in [1.29, 1.82) is 0 Å². The van der Waals surface area contributed by atoms with Crippen molar-refractivity contribution >= 4 is 78.4 Å². The van der Waals surface area contributed by atoms with E-state index >= 15 is 0 Å². The zero-order valence-electron chi connectivity index (χ0n) is 51.9. The highest BCUT2D eigenvalue weighted by Gasteiger charge is 2.17. The number of hydrogen-bond acceptors (Lipinski definition) is 15. The summed E-state index contributed by atoms with van der Waals surface area (Å²) in [5, 5.41) is 95.4. The molecule has 0 bridgehead atoms. The van der Waals surface area contributed by atoms with E-state index in [1.54, 1.807) is 36.4 Å². The van der Waals surface area contributed by atoms with Gasteiger partial charge in [-0.15, -0.1) is 75.0 Å². The van der Waals surface area contributed by atoms with Crippen LogP contribution in [-0.2, 0) is 0 Å². The first kappa shape index (κ1) is 62.4. The molecule has 0 radical (unpaired) electrons. The van der Waals surface area contributed by atoms with E-state index in [2.05, 4.69) is 51.0 Å². The van der Waals surface area contributed by atoms with Crippen LogP contribution in [0.2, 0.25) is 10.0 Å². The predicted octanol–water partition coefficient (Wildman–Crippen LogP) is 15.0. The van der Waals surface area contributed by atoms with Crippen molar-refractivity contribution in [3.63, 3.8) is 0 Å². The van der Waals surface area contributed by atoms with Crippen molar-refractivity contribution in [2.45, 2.75) is 69.2 Å². The molecule has 20 nitrogen and oxygen atoms in total. The Hall–Kier alpha value is -11.2. The van der Waals surface area contributed by atoms with Crippen LogP contribution in [0.15, 0.2) is 170 Å². The Morgan fingerprint density at radius 1 is 0.228 bits per heavy atom. The number of aromatic hydroxyl groups is 5. The highest BCUT2D eigenvalue weighted by molar-refractivity contribution is 6.31. The Morgan fingerprint density at radius 2 is 0.402 bits per heavy atom. The van der Waals surface area contributed by atoms with Gasteiger partial charge < -0.3 is 25.5 Å². The number of halogens is 2. The Morgan fingerprint density at radius 3 is 0.598 bits per heavy atom. The molecule has 5 heterocycles. The molecule has 462 valence electrons. The predicted molar refractivity (Wildman–Crippen MR) is 360 cm³/mol. The largest absolute Gasteiger partial charge is 0.505 e. The molecule has 0 spiro atoms. The third-order valence-electron chi connectivity index (χ3n) is 14.7. The molecule has 0 aliphatic heterocycles. The van der Waals surface area contributed by atoms with Crippen molar-refractivity contribution < 1.29 is 25.5 Å². The quantitative estimate of drug-likeness (QED) is 0.107. The maximum Gasteiger partial charge on any atom is 0.146 e. The highest BCUT2D eigenvalue weighted by atomic mass is 35.5. The molecule has 22 heteroatoms. The van der Waals surface area contributed by atoms with Crippen molar-refractivity contribution in [2.24, 2.45) is 0 Å². The molecule has 0 aliphatic carbocycles. The lowest BCUT2D eigenvalue weighted by atomic mass is 10.1. The summed E-state index contributed by atoms with van der Waals surface area (Å²) >= 11 is 11.9. The van der Waals surface area contributed by atoms with Crippen molar-refractivity contribution in [1.82, 2.24) is 75.0 Å². The lowest BCUT2D eigenvalue weighted by molar-refractivity contribution is 0.463. The Kier molecular flexibility index (Phi) is 17.7. The number of benzene rings is 10. The van der Waals surface area contributed by atoms with Gasteiger partial charge in [-0.25, -0.2) is 0 Å². The maximum absolute atomic E-state index is 10.1. The summed E-state index contributed by atoms with van der Waals surface area (Å²) < 4.78 is 0. The first-order valence-electron chi connectivity index (χ1n) is 29.1. The van der Waals surface area contributed by atoms with Gasteiger partial charge in [-0.1, -0.05) is 89.9 Å². The van der Waals surface area contributed by atoms with Crippen LogP contribution in [0.25, 0.3) is 83.6 Å². The monoisotopic (exact) mass is 1260 g/mol. The number of aromatic nitrogens is 15. The molecule has 0 unspecified atom stereocenters. The van der Waals surface area contributed by atoms with Gasteiger partial charge in [0.2, 0.25) is 0 Å². The van der Waals surface area contributed by atoms with Gasteiger partial charge in [-0.2, -0.15) is 0 Å². The average Bonchev–Trinajstić information content (AvgIpc) is 1.71. The van der Waals surface area contributed by atoms with Crippen molar-refractivity contribution in [3.8, 4) is 57.2 Å². The van der Waals surface area contributed by atoms with E-state index in [9.17, 15) is 25.5 Å². The lowest BCUT2D eigenvalue weighted by Crippen LogP contribution is -2.00. The molecule has 5 N–H and O–H groups in total. The molecule has 92 heavy (non-hydrogen) atoms. The second-order valence-corrected chi connectivity index (χ2v) is 23.3. The summed E-state index contributed by atoms with van der Waals surface area (Å²) in [7, 11) is 0. The normalized spacial score (nSPS) is 11.0. The Bertz CT molecular complexity index is 4730. The standard InChI is InChI=1S/2C14H12ClN3O.3C14H13N3O/c2*1-8-5-9(2)14(19)13(6-8)18-16-11-4-3-10(15)7-12(11)17-18;3*1-9-7-10(2)14(18)13(8-9)17-15-11-5-3-4-6-12(11)16-17/h2*3-7,19H,1-2H3;3*3-8,18H,1-2H3. The summed E-state index contributed by atoms with van der Waals surface area (Å²) in [4.78, 5) is 7.34. The summed E-state index contributed by atoms with van der Waals surface area (Å²) in [6.07, 6.45) is 0. The Balaban J connectivity index is 0.000000118. The fourth-order valence-electron chi connectivity index (χ4n) is 10.3. The molecular formula is C70H63Cl2N15O5. The first-order chi connectivity index (χ1) is 44.0. The minimum absolute atomic E-state index is 0.192. The number of rotatable bonds is 5. The number of aryl methyl sites for hydroxylation is 10. The van der Waals surface area contributed by atoms with Crippen LogP contribution in [0.5, 0.6) is 28.7 Å². The van der Waals surface area contributed by atoms with Crippen molar-refractivity contribution in [3.05, 3.63) is 236 Å². The van der Waals surface area contributed by atoms with Gasteiger partial charge in [0.25, 0.3) is 0 Å². The zero-order chi connectivity index (χ0) is 65.2.